The third-order valence-corrected chi connectivity index (χ3v) is 3.58. The fourth-order valence-electron chi connectivity index (χ4n) is 2.20. The SMILES string of the molecule is Cc1ccc(-c2ncc(Cl)nc2-c2ccc(C)cc2)cc1. The van der Waals surface area contributed by atoms with E-state index in [0.29, 0.717) is 5.15 Å². The van der Waals surface area contributed by atoms with E-state index in [1.165, 1.54) is 11.1 Å². The lowest BCUT2D eigenvalue weighted by Crippen LogP contribution is -1.94. The molecule has 0 atom stereocenters. The molecule has 0 radical (unpaired) electrons. The molecule has 0 aliphatic carbocycles. The van der Waals surface area contributed by atoms with Crippen molar-refractivity contribution in [2.45, 2.75) is 13.8 Å². The Kier molecular flexibility index (Phi) is 3.72. The Hall–Kier alpha value is -2.19. The Morgan fingerprint density at radius 3 is 1.71 bits per heavy atom. The molecule has 0 aliphatic rings. The average molecular weight is 295 g/mol. The normalized spacial score (nSPS) is 10.6. The molecule has 1 heterocycles. The second kappa shape index (κ2) is 5.66. The number of hydrogen-bond donors (Lipinski definition) is 0. The van der Waals surface area contributed by atoms with Gasteiger partial charge in [-0.25, -0.2) is 4.98 Å². The summed E-state index contributed by atoms with van der Waals surface area (Å²) >= 11 is 6.04. The van der Waals surface area contributed by atoms with Crippen LogP contribution in [-0.4, -0.2) is 9.97 Å². The molecule has 0 bridgehead atoms. The van der Waals surface area contributed by atoms with E-state index in [9.17, 15) is 0 Å². The monoisotopic (exact) mass is 294 g/mol. The summed E-state index contributed by atoms with van der Waals surface area (Å²) in [7, 11) is 0. The lowest BCUT2D eigenvalue weighted by atomic mass is 10.0. The molecule has 0 saturated heterocycles. The molecule has 1 aromatic heterocycles. The summed E-state index contributed by atoms with van der Waals surface area (Å²) in [5, 5.41) is 0.404. The van der Waals surface area contributed by atoms with Gasteiger partial charge >= 0.3 is 0 Å². The maximum atomic E-state index is 6.04. The number of aromatic nitrogens is 2. The minimum absolute atomic E-state index is 0.404. The van der Waals surface area contributed by atoms with Gasteiger partial charge in [0.1, 0.15) is 5.15 Å². The van der Waals surface area contributed by atoms with Crippen LogP contribution in [0.2, 0.25) is 5.15 Å². The highest BCUT2D eigenvalue weighted by Crippen LogP contribution is 2.30. The van der Waals surface area contributed by atoms with Gasteiger partial charge in [0.2, 0.25) is 0 Å². The molecule has 0 unspecified atom stereocenters. The third-order valence-electron chi connectivity index (χ3n) is 3.39. The number of hydrogen-bond acceptors (Lipinski definition) is 2. The van der Waals surface area contributed by atoms with E-state index < -0.39 is 0 Å². The van der Waals surface area contributed by atoms with Gasteiger partial charge in [-0.3, -0.25) is 4.98 Å². The van der Waals surface area contributed by atoms with E-state index in [2.05, 4.69) is 60.2 Å². The summed E-state index contributed by atoms with van der Waals surface area (Å²) < 4.78 is 0. The molecule has 2 nitrogen and oxygen atoms in total. The van der Waals surface area contributed by atoms with Gasteiger partial charge < -0.3 is 0 Å². The van der Waals surface area contributed by atoms with E-state index in [1.807, 2.05) is 12.1 Å². The number of aryl methyl sites for hydroxylation is 2. The first-order valence-corrected chi connectivity index (χ1v) is 7.18. The minimum Gasteiger partial charge on any atom is -0.251 e. The van der Waals surface area contributed by atoms with Gasteiger partial charge in [0.15, 0.2) is 0 Å². The van der Waals surface area contributed by atoms with Crippen molar-refractivity contribution in [1.29, 1.82) is 0 Å². The Labute approximate surface area is 129 Å². The second-order valence-corrected chi connectivity index (χ2v) is 5.51. The fraction of sp³-hybridized carbons (Fsp3) is 0.111. The smallest absolute Gasteiger partial charge is 0.148 e. The van der Waals surface area contributed by atoms with Crippen LogP contribution in [0.1, 0.15) is 11.1 Å². The van der Waals surface area contributed by atoms with Crippen LogP contribution < -0.4 is 0 Å². The molecule has 3 heteroatoms. The van der Waals surface area contributed by atoms with E-state index in [0.717, 1.165) is 22.5 Å². The molecular formula is C18H15ClN2. The van der Waals surface area contributed by atoms with E-state index in [4.69, 9.17) is 11.6 Å². The first kappa shape index (κ1) is 13.8. The largest absolute Gasteiger partial charge is 0.251 e. The summed E-state index contributed by atoms with van der Waals surface area (Å²) in [5.74, 6) is 0. The lowest BCUT2D eigenvalue weighted by Gasteiger charge is -2.09. The summed E-state index contributed by atoms with van der Waals surface area (Å²) in [6.07, 6.45) is 1.59. The van der Waals surface area contributed by atoms with Crippen molar-refractivity contribution >= 4 is 11.6 Å². The van der Waals surface area contributed by atoms with Crippen LogP contribution in [-0.2, 0) is 0 Å². The van der Waals surface area contributed by atoms with E-state index in [1.54, 1.807) is 6.20 Å². The Balaban J connectivity index is 2.17. The van der Waals surface area contributed by atoms with Crippen LogP contribution in [0.3, 0.4) is 0 Å². The Bertz CT molecular complexity index is 762. The zero-order valence-electron chi connectivity index (χ0n) is 12.0. The van der Waals surface area contributed by atoms with E-state index in [-0.39, 0.29) is 0 Å². The van der Waals surface area contributed by atoms with Crippen molar-refractivity contribution in [2.75, 3.05) is 0 Å². The molecule has 0 fully saturated rings. The van der Waals surface area contributed by atoms with Gasteiger partial charge in [0, 0.05) is 11.1 Å². The topological polar surface area (TPSA) is 25.8 Å². The summed E-state index contributed by atoms with van der Waals surface area (Å²) in [6.45, 7) is 4.13. The van der Waals surface area contributed by atoms with Crippen molar-refractivity contribution < 1.29 is 0 Å². The summed E-state index contributed by atoms with van der Waals surface area (Å²) in [6, 6.07) is 16.5. The van der Waals surface area contributed by atoms with Crippen LogP contribution in [0.25, 0.3) is 22.5 Å². The third kappa shape index (κ3) is 2.96. The standard InChI is InChI=1S/C18H15ClN2/c1-12-3-7-14(8-4-12)17-18(21-16(19)11-20-17)15-9-5-13(2)6-10-15/h3-11H,1-2H3. The molecule has 2 aromatic carbocycles. The Morgan fingerprint density at radius 1 is 0.714 bits per heavy atom. The predicted octanol–water partition coefficient (Wildman–Crippen LogP) is 5.08. The van der Waals surface area contributed by atoms with Crippen LogP contribution in [0, 0.1) is 13.8 Å². The molecular weight excluding hydrogens is 280 g/mol. The van der Waals surface area contributed by atoms with Gasteiger partial charge in [-0.1, -0.05) is 71.3 Å². The highest BCUT2D eigenvalue weighted by atomic mass is 35.5. The number of halogens is 1. The molecule has 3 aromatic rings. The average Bonchev–Trinajstić information content (AvgIpc) is 2.49. The van der Waals surface area contributed by atoms with Crippen LogP contribution in [0.4, 0.5) is 0 Å². The number of rotatable bonds is 2. The second-order valence-electron chi connectivity index (χ2n) is 5.12. The molecule has 21 heavy (non-hydrogen) atoms. The number of benzene rings is 2. The molecule has 0 aliphatic heterocycles. The Morgan fingerprint density at radius 2 is 1.19 bits per heavy atom. The molecule has 0 saturated carbocycles. The van der Waals surface area contributed by atoms with Crippen LogP contribution in [0.5, 0.6) is 0 Å². The van der Waals surface area contributed by atoms with Crippen molar-refractivity contribution in [3.63, 3.8) is 0 Å². The first-order valence-electron chi connectivity index (χ1n) is 6.80. The fourth-order valence-corrected chi connectivity index (χ4v) is 2.34. The highest BCUT2D eigenvalue weighted by Gasteiger charge is 2.11. The maximum absolute atomic E-state index is 6.04. The zero-order chi connectivity index (χ0) is 14.8. The minimum atomic E-state index is 0.404. The van der Waals surface area contributed by atoms with Gasteiger partial charge in [0.05, 0.1) is 17.6 Å². The van der Waals surface area contributed by atoms with Gasteiger partial charge in [-0.15, -0.1) is 0 Å². The van der Waals surface area contributed by atoms with Crippen molar-refractivity contribution in [1.82, 2.24) is 9.97 Å². The molecule has 0 amide bonds. The van der Waals surface area contributed by atoms with E-state index >= 15 is 0 Å². The predicted molar refractivity (Wildman–Crippen MR) is 87.4 cm³/mol. The zero-order valence-corrected chi connectivity index (χ0v) is 12.7. The molecule has 0 spiro atoms. The van der Waals surface area contributed by atoms with Gasteiger partial charge in [-0.2, -0.15) is 0 Å². The van der Waals surface area contributed by atoms with Crippen LogP contribution >= 0.6 is 11.6 Å². The van der Waals surface area contributed by atoms with Gasteiger partial charge in [0.25, 0.3) is 0 Å². The molecule has 0 N–H and O–H groups in total. The highest BCUT2D eigenvalue weighted by molar-refractivity contribution is 6.29. The maximum Gasteiger partial charge on any atom is 0.148 e. The number of nitrogens with zero attached hydrogens (tertiary/aromatic N) is 2. The summed E-state index contributed by atoms with van der Waals surface area (Å²) in [4.78, 5) is 8.96. The molecule has 104 valence electrons. The quantitative estimate of drug-likeness (QED) is 0.658. The van der Waals surface area contributed by atoms with Gasteiger partial charge in [-0.05, 0) is 13.8 Å². The molecule has 3 rings (SSSR count). The van der Waals surface area contributed by atoms with Crippen molar-refractivity contribution in [2.24, 2.45) is 0 Å². The lowest BCUT2D eigenvalue weighted by molar-refractivity contribution is 1.21. The van der Waals surface area contributed by atoms with Crippen molar-refractivity contribution in [3.05, 3.63) is 71.0 Å². The van der Waals surface area contributed by atoms with Crippen molar-refractivity contribution in [3.8, 4) is 22.5 Å². The van der Waals surface area contributed by atoms with Crippen LogP contribution in [0.15, 0.2) is 54.7 Å². The first-order chi connectivity index (χ1) is 10.1. The summed E-state index contributed by atoms with van der Waals surface area (Å²) in [5.41, 5.74) is 6.16.